The molecule has 6 nitrogen and oxygen atoms in total. The number of benzene rings is 1. The number of hydrogen-bond acceptors (Lipinski definition) is 6. The fourth-order valence-corrected chi connectivity index (χ4v) is 3.40. The number of aromatic nitrogens is 4. The van der Waals surface area contributed by atoms with E-state index in [1.54, 1.807) is 17.5 Å². The van der Waals surface area contributed by atoms with Crippen LogP contribution in [0.2, 0.25) is 0 Å². The van der Waals surface area contributed by atoms with Crippen LogP contribution in [0.25, 0.3) is 5.69 Å². The van der Waals surface area contributed by atoms with Crippen molar-refractivity contribution in [2.24, 2.45) is 0 Å². The highest BCUT2D eigenvalue weighted by atomic mass is 32.2. The minimum atomic E-state index is -0.296. The molecule has 0 saturated heterocycles. The topological polar surface area (TPSA) is 72.7 Å². The van der Waals surface area contributed by atoms with E-state index in [-0.39, 0.29) is 11.7 Å². The number of carbonyl (C=O) groups is 1. The van der Waals surface area contributed by atoms with Crippen molar-refractivity contribution in [2.45, 2.75) is 18.5 Å². The second kappa shape index (κ2) is 7.75. The molecule has 2 aromatic heterocycles. The van der Waals surface area contributed by atoms with Gasteiger partial charge < -0.3 is 5.32 Å². The first-order valence-electron chi connectivity index (χ1n) is 7.53. The monoisotopic (exact) mass is 377 g/mol. The highest BCUT2D eigenvalue weighted by Gasteiger charge is 2.14. The molecule has 0 spiro atoms. The number of halogens is 1. The van der Waals surface area contributed by atoms with Gasteiger partial charge in [-0.3, -0.25) is 9.36 Å². The largest absolute Gasteiger partial charge is 0.350 e. The minimum absolute atomic E-state index is 0.206. The van der Waals surface area contributed by atoms with Crippen LogP contribution in [0.4, 0.5) is 4.39 Å². The molecule has 0 radical (unpaired) electrons. The molecular formula is C16H16FN5OS2. The lowest BCUT2D eigenvalue weighted by atomic mass is 10.3. The average Bonchev–Trinajstić information content (AvgIpc) is 3.22. The maximum atomic E-state index is 13.2. The summed E-state index contributed by atoms with van der Waals surface area (Å²) in [6.07, 6.45) is 2.40. The predicted molar refractivity (Wildman–Crippen MR) is 96.0 cm³/mol. The van der Waals surface area contributed by atoms with Crippen LogP contribution in [0, 0.1) is 12.7 Å². The fourth-order valence-electron chi connectivity index (χ4n) is 2.29. The highest BCUT2D eigenvalue weighted by Crippen LogP contribution is 2.20. The van der Waals surface area contributed by atoms with Gasteiger partial charge in [0.25, 0.3) is 5.91 Å². The quantitative estimate of drug-likeness (QED) is 0.669. The van der Waals surface area contributed by atoms with Crippen LogP contribution in [-0.2, 0) is 6.42 Å². The molecule has 25 heavy (non-hydrogen) atoms. The number of nitrogens with one attached hydrogen (secondary N) is 1. The van der Waals surface area contributed by atoms with Gasteiger partial charge in [0.1, 0.15) is 17.3 Å². The maximum absolute atomic E-state index is 13.2. The second-order valence-corrected chi connectivity index (χ2v) is 7.01. The summed E-state index contributed by atoms with van der Waals surface area (Å²) in [5.74, 6) is 0.197. The normalized spacial score (nSPS) is 10.8. The second-order valence-electron chi connectivity index (χ2n) is 5.17. The van der Waals surface area contributed by atoms with E-state index in [9.17, 15) is 9.18 Å². The first-order valence-corrected chi connectivity index (χ1v) is 9.63. The van der Waals surface area contributed by atoms with Crippen molar-refractivity contribution in [2.75, 3.05) is 12.8 Å². The molecule has 0 aliphatic carbocycles. The summed E-state index contributed by atoms with van der Waals surface area (Å²) in [6.45, 7) is 2.26. The van der Waals surface area contributed by atoms with Crippen LogP contribution in [-0.4, -0.2) is 38.5 Å². The Labute approximate surface area is 152 Å². The Hall–Kier alpha value is -2.26. The van der Waals surface area contributed by atoms with E-state index in [2.05, 4.69) is 20.5 Å². The summed E-state index contributed by atoms with van der Waals surface area (Å²) in [4.78, 5) is 16.2. The SMILES string of the molecule is CSc1nnc(CCNC(=O)c2csc(C)n2)n1-c1ccc(F)cc1. The number of thiazole rings is 1. The van der Waals surface area contributed by atoms with E-state index in [0.29, 0.717) is 29.6 Å². The number of hydrogen-bond donors (Lipinski definition) is 1. The summed E-state index contributed by atoms with van der Waals surface area (Å²) in [7, 11) is 0. The number of aryl methyl sites for hydroxylation is 1. The average molecular weight is 377 g/mol. The van der Waals surface area contributed by atoms with Gasteiger partial charge in [-0.1, -0.05) is 11.8 Å². The molecular weight excluding hydrogens is 361 g/mol. The van der Waals surface area contributed by atoms with E-state index in [1.165, 1.54) is 35.2 Å². The Morgan fingerprint density at radius 2 is 2.08 bits per heavy atom. The molecule has 1 amide bonds. The third-order valence-electron chi connectivity index (χ3n) is 3.45. The van der Waals surface area contributed by atoms with Crippen molar-refractivity contribution in [3.05, 3.63) is 52.0 Å². The number of amides is 1. The number of rotatable bonds is 6. The Bertz CT molecular complexity index is 875. The van der Waals surface area contributed by atoms with Gasteiger partial charge in [0, 0.05) is 24.0 Å². The smallest absolute Gasteiger partial charge is 0.270 e. The van der Waals surface area contributed by atoms with E-state index < -0.39 is 0 Å². The van der Waals surface area contributed by atoms with E-state index in [4.69, 9.17) is 0 Å². The zero-order valence-corrected chi connectivity index (χ0v) is 15.3. The van der Waals surface area contributed by atoms with Crippen LogP contribution < -0.4 is 5.32 Å². The summed E-state index contributed by atoms with van der Waals surface area (Å²) < 4.78 is 15.0. The van der Waals surface area contributed by atoms with Crippen LogP contribution in [0.3, 0.4) is 0 Å². The van der Waals surface area contributed by atoms with Crippen molar-refractivity contribution in [3.8, 4) is 5.69 Å². The lowest BCUT2D eigenvalue weighted by Gasteiger charge is -2.09. The molecule has 1 N–H and O–H groups in total. The minimum Gasteiger partial charge on any atom is -0.350 e. The Kier molecular flexibility index (Phi) is 5.44. The number of thioether (sulfide) groups is 1. The van der Waals surface area contributed by atoms with Crippen molar-refractivity contribution < 1.29 is 9.18 Å². The zero-order valence-electron chi connectivity index (χ0n) is 13.7. The molecule has 3 rings (SSSR count). The first kappa shape index (κ1) is 17.6. The van der Waals surface area contributed by atoms with Crippen LogP contribution >= 0.6 is 23.1 Å². The molecule has 2 heterocycles. The Morgan fingerprint density at radius 1 is 1.32 bits per heavy atom. The van der Waals surface area contributed by atoms with Gasteiger partial charge in [-0.15, -0.1) is 21.5 Å². The van der Waals surface area contributed by atoms with Gasteiger partial charge in [0.05, 0.1) is 5.01 Å². The molecule has 0 aliphatic rings. The van der Waals surface area contributed by atoms with Gasteiger partial charge in [0.15, 0.2) is 5.16 Å². The molecule has 9 heteroatoms. The van der Waals surface area contributed by atoms with Crippen LogP contribution in [0.1, 0.15) is 21.3 Å². The molecule has 0 bridgehead atoms. The summed E-state index contributed by atoms with van der Waals surface area (Å²) in [5.41, 5.74) is 1.21. The van der Waals surface area contributed by atoms with Crippen LogP contribution in [0.5, 0.6) is 0 Å². The molecule has 3 aromatic rings. The molecule has 0 aliphatic heterocycles. The predicted octanol–water partition coefficient (Wildman–Crippen LogP) is 2.87. The molecule has 1 aromatic carbocycles. The Balaban J connectivity index is 1.71. The molecule has 130 valence electrons. The van der Waals surface area contributed by atoms with Crippen molar-refractivity contribution in [3.63, 3.8) is 0 Å². The molecule has 0 atom stereocenters. The maximum Gasteiger partial charge on any atom is 0.270 e. The van der Waals surface area contributed by atoms with Crippen molar-refractivity contribution in [1.29, 1.82) is 0 Å². The lowest BCUT2D eigenvalue weighted by molar-refractivity contribution is 0.0949. The van der Waals surface area contributed by atoms with Crippen molar-refractivity contribution >= 4 is 29.0 Å². The first-order chi connectivity index (χ1) is 12.1. The lowest BCUT2D eigenvalue weighted by Crippen LogP contribution is -2.26. The van der Waals surface area contributed by atoms with Crippen LogP contribution in [0.15, 0.2) is 34.8 Å². The highest BCUT2D eigenvalue weighted by molar-refractivity contribution is 7.98. The van der Waals surface area contributed by atoms with Gasteiger partial charge in [-0.05, 0) is 37.4 Å². The van der Waals surface area contributed by atoms with E-state index in [0.717, 1.165) is 10.7 Å². The third kappa shape index (κ3) is 4.05. The zero-order chi connectivity index (χ0) is 17.8. The van der Waals surface area contributed by atoms with Crippen molar-refractivity contribution in [1.82, 2.24) is 25.1 Å². The molecule has 0 fully saturated rings. The Morgan fingerprint density at radius 3 is 2.72 bits per heavy atom. The number of nitrogens with zero attached hydrogens (tertiary/aromatic N) is 4. The van der Waals surface area contributed by atoms with E-state index in [1.807, 2.05) is 17.7 Å². The summed E-state index contributed by atoms with van der Waals surface area (Å²) in [5, 5.41) is 14.5. The standard InChI is InChI=1S/C16H16FN5OS2/c1-10-19-13(9-25-10)15(23)18-8-7-14-20-21-16(24-2)22(14)12-5-3-11(17)4-6-12/h3-6,9H,7-8H2,1-2H3,(H,18,23). The van der Waals surface area contributed by atoms with Gasteiger partial charge in [0.2, 0.25) is 0 Å². The number of carbonyl (C=O) groups excluding carboxylic acids is 1. The fraction of sp³-hybridized carbons (Fsp3) is 0.250. The molecule has 0 saturated carbocycles. The molecule has 0 unspecified atom stereocenters. The van der Waals surface area contributed by atoms with Gasteiger partial charge >= 0.3 is 0 Å². The summed E-state index contributed by atoms with van der Waals surface area (Å²) >= 11 is 2.89. The van der Waals surface area contributed by atoms with Gasteiger partial charge in [-0.2, -0.15) is 0 Å². The third-order valence-corrected chi connectivity index (χ3v) is 4.86. The van der Waals surface area contributed by atoms with Gasteiger partial charge in [-0.25, -0.2) is 9.37 Å². The van der Waals surface area contributed by atoms with E-state index >= 15 is 0 Å². The summed E-state index contributed by atoms with van der Waals surface area (Å²) in [6, 6.07) is 6.15.